The first kappa shape index (κ1) is 14.5. The largest absolute Gasteiger partial charge is 0.314 e. The predicted molar refractivity (Wildman–Crippen MR) is 82.3 cm³/mol. The first-order valence-corrected chi connectivity index (χ1v) is 7.68. The molecule has 0 aromatic heterocycles. The molecule has 2 rings (SSSR count). The van der Waals surface area contributed by atoms with Gasteiger partial charge in [0.05, 0.1) is 0 Å². The molecule has 2 heteroatoms. The molecule has 1 aromatic rings. The van der Waals surface area contributed by atoms with Crippen molar-refractivity contribution >= 4 is 0 Å². The van der Waals surface area contributed by atoms with Gasteiger partial charge in [-0.1, -0.05) is 43.7 Å². The summed E-state index contributed by atoms with van der Waals surface area (Å²) in [6.45, 7) is 11.5. The second kappa shape index (κ2) is 7.06. The van der Waals surface area contributed by atoms with Crippen molar-refractivity contribution in [1.29, 1.82) is 0 Å². The monoisotopic (exact) mass is 260 g/mol. The molecule has 1 aliphatic heterocycles. The topological polar surface area (TPSA) is 15.3 Å². The minimum absolute atomic E-state index is 0.697. The SMILES string of the molecule is CCC1CCN(Cc2ccc(C)cc2)CC(C)CN1. The van der Waals surface area contributed by atoms with E-state index in [-0.39, 0.29) is 0 Å². The van der Waals surface area contributed by atoms with Crippen LogP contribution in [0.25, 0.3) is 0 Å². The average molecular weight is 260 g/mol. The molecule has 106 valence electrons. The fourth-order valence-electron chi connectivity index (χ4n) is 2.85. The van der Waals surface area contributed by atoms with Gasteiger partial charge in [-0.15, -0.1) is 0 Å². The van der Waals surface area contributed by atoms with Crippen LogP contribution >= 0.6 is 0 Å². The van der Waals surface area contributed by atoms with Crippen LogP contribution in [0.3, 0.4) is 0 Å². The summed E-state index contributed by atoms with van der Waals surface area (Å²) in [5.74, 6) is 0.736. The highest BCUT2D eigenvalue weighted by Gasteiger charge is 2.17. The molecule has 1 aliphatic rings. The van der Waals surface area contributed by atoms with Gasteiger partial charge < -0.3 is 5.32 Å². The van der Waals surface area contributed by atoms with Crippen molar-refractivity contribution in [2.75, 3.05) is 19.6 Å². The Morgan fingerprint density at radius 1 is 1.26 bits per heavy atom. The van der Waals surface area contributed by atoms with E-state index in [0.717, 1.165) is 19.0 Å². The van der Waals surface area contributed by atoms with Crippen LogP contribution in [-0.4, -0.2) is 30.6 Å². The molecule has 1 saturated heterocycles. The molecular weight excluding hydrogens is 232 g/mol. The van der Waals surface area contributed by atoms with Crippen LogP contribution in [0.2, 0.25) is 0 Å². The lowest BCUT2D eigenvalue weighted by Gasteiger charge is -2.32. The fraction of sp³-hybridized carbons (Fsp3) is 0.647. The van der Waals surface area contributed by atoms with Gasteiger partial charge in [-0.25, -0.2) is 0 Å². The van der Waals surface area contributed by atoms with Crippen molar-refractivity contribution in [2.24, 2.45) is 5.92 Å². The quantitative estimate of drug-likeness (QED) is 0.898. The second-order valence-corrected chi connectivity index (χ2v) is 6.13. The number of hydrogen-bond donors (Lipinski definition) is 1. The van der Waals surface area contributed by atoms with Crippen molar-refractivity contribution in [3.8, 4) is 0 Å². The Morgan fingerprint density at radius 2 is 2.00 bits per heavy atom. The van der Waals surface area contributed by atoms with Crippen LogP contribution in [0.15, 0.2) is 24.3 Å². The maximum Gasteiger partial charge on any atom is 0.0233 e. The third-order valence-electron chi connectivity index (χ3n) is 4.14. The Kier molecular flexibility index (Phi) is 5.41. The molecule has 1 fully saturated rings. The first-order valence-electron chi connectivity index (χ1n) is 7.68. The molecule has 0 bridgehead atoms. The maximum absolute atomic E-state index is 3.69. The van der Waals surface area contributed by atoms with Crippen LogP contribution in [0, 0.1) is 12.8 Å². The minimum Gasteiger partial charge on any atom is -0.314 e. The average Bonchev–Trinajstić information content (AvgIpc) is 2.39. The van der Waals surface area contributed by atoms with Gasteiger partial charge in [-0.3, -0.25) is 4.90 Å². The molecule has 2 nitrogen and oxygen atoms in total. The second-order valence-electron chi connectivity index (χ2n) is 6.13. The minimum atomic E-state index is 0.697. The van der Waals surface area contributed by atoms with Crippen LogP contribution in [0.5, 0.6) is 0 Å². The highest BCUT2D eigenvalue weighted by molar-refractivity contribution is 5.21. The fourth-order valence-corrected chi connectivity index (χ4v) is 2.85. The first-order chi connectivity index (χ1) is 9.17. The van der Waals surface area contributed by atoms with E-state index in [4.69, 9.17) is 0 Å². The van der Waals surface area contributed by atoms with E-state index in [1.165, 1.54) is 37.1 Å². The van der Waals surface area contributed by atoms with Crippen molar-refractivity contribution in [1.82, 2.24) is 10.2 Å². The van der Waals surface area contributed by atoms with Crippen LogP contribution in [0.4, 0.5) is 0 Å². The number of hydrogen-bond acceptors (Lipinski definition) is 2. The highest BCUT2D eigenvalue weighted by Crippen LogP contribution is 2.13. The van der Waals surface area contributed by atoms with E-state index in [1.54, 1.807) is 0 Å². The van der Waals surface area contributed by atoms with Gasteiger partial charge >= 0.3 is 0 Å². The summed E-state index contributed by atoms with van der Waals surface area (Å²) < 4.78 is 0. The molecule has 0 spiro atoms. The van der Waals surface area contributed by atoms with E-state index in [1.807, 2.05) is 0 Å². The van der Waals surface area contributed by atoms with Gasteiger partial charge in [0, 0.05) is 19.1 Å². The normalized spacial score (nSPS) is 25.8. The Labute approximate surface area is 118 Å². The van der Waals surface area contributed by atoms with E-state index in [2.05, 4.69) is 55.3 Å². The van der Waals surface area contributed by atoms with Gasteiger partial charge in [0.2, 0.25) is 0 Å². The standard InChI is InChI=1S/C17H28N2/c1-4-17-9-10-19(12-15(3)11-18-17)13-16-7-5-14(2)6-8-16/h5-8,15,17-18H,4,9-13H2,1-3H3. The molecule has 2 unspecified atom stereocenters. The summed E-state index contributed by atoms with van der Waals surface area (Å²) in [7, 11) is 0. The molecule has 0 amide bonds. The summed E-state index contributed by atoms with van der Waals surface area (Å²) in [4.78, 5) is 2.62. The van der Waals surface area contributed by atoms with Crippen LogP contribution in [0.1, 0.15) is 37.8 Å². The highest BCUT2D eigenvalue weighted by atomic mass is 15.1. The summed E-state index contributed by atoms with van der Waals surface area (Å²) in [6, 6.07) is 9.68. The lowest BCUT2D eigenvalue weighted by molar-refractivity contribution is 0.190. The summed E-state index contributed by atoms with van der Waals surface area (Å²) in [5.41, 5.74) is 2.79. The van der Waals surface area contributed by atoms with E-state index in [0.29, 0.717) is 6.04 Å². The van der Waals surface area contributed by atoms with Gasteiger partial charge in [-0.05, 0) is 44.3 Å². The zero-order valence-corrected chi connectivity index (χ0v) is 12.7. The number of nitrogens with zero attached hydrogens (tertiary/aromatic N) is 1. The Morgan fingerprint density at radius 3 is 2.68 bits per heavy atom. The Bertz CT molecular complexity index is 371. The molecule has 0 radical (unpaired) electrons. The molecule has 19 heavy (non-hydrogen) atoms. The maximum atomic E-state index is 3.69. The molecular formula is C17H28N2. The number of nitrogens with one attached hydrogen (secondary N) is 1. The van der Waals surface area contributed by atoms with Gasteiger partial charge in [0.15, 0.2) is 0 Å². The predicted octanol–water partition coefficient (Wildman–Crippen LogP) is 3.21. The molecule has 1 N–H and O–H groups in total. The van der Waals surface area contributed by atoms with Crippen molar-refractivity contribution in [3.63, 3.8) is 0 Å². The van der Waals surface area contributed by atoms with Crippen LogP contribution < -0.4 is 5.32 Å². The van der Waals surface area contributed by atoms with Gasteiger partial charge in [0.25, 0.3) is 0 Å². The molecule has 1 aromatic carbocycles. The third-order valence-corrected chi connectivity index (χ3v) is 4.14. The van der Waals surface area contributed by atoms with E-state index >= 15 is 0 Å². The van der Waals surface area contributed by atoms with Gasteiger partial charge in [0.1, 0.15) is 0 Å². The zero-order chi connectivity index (χ0) is 13.7. The van der Waals surface area contributed by atoms with Gasteiger partial charge in [-0.2, -0.15) is 0 Å². The van der Waals surface area contributed by atoms with Crippen molar-refractivity contribution in [3.05, 3.63) is 35.4 Å². The smallest absolute Gasteiger partial charge is 0.0233 e. The molecule has 2 atom stereocenters. The van der Waals surface area contributed by atoms with Crippen molar-refractivity contribution in [2.45, 2.75) is 46.2 Å². The summed E-state index contributed by atoms with van der Waals surface area (Å²) >= 11 is 0. The number of aryl methyl sites for hydroxylation is 1. The molecule has 0 saturated carbocycles. The summed E-state index contributed by atoms with van der Waals surface area (Å²) in [6.07, 6.45) is 2.51. The van der Waals surface area contributed by atoms with Crippen LogP contribution in [-0.2, 0) is 6.54 Å². The van der Waals surface area contributed by atoms with Crippen molar-refractivity contribution < 1.29 is 0 Å². The number of rotatable bonds is 3. The molecule has 0 aliphatic carbocycles. The Balaban J connectivity index is 1.95. The Hall–Kier alpha value is -0.860. The van der Waals surface area contributed by atoms with E-state index in [9.17, 15) is 0 Å². The number of benzene rings is 1. The summed E-state index contributed by atoms with van der Waals surface area (Å²) in [5, 5.41) is 3.69. The van der Waals surface area contributed by atoms with E-state index < -0.39 is 0 Å². The lowest BCUT2D eigenvalue weighted by Crippen LogP contribution is -2.43. The molecule has 1 heterocycles. The third kappa shape index (κ3) is 4.63. The lowest BCUT2D eigenvalue weighted by atomic mass is 10.0. The zero-order valence-electron chi connectivity index (χ0n) is 12.7.